The molecule has 0 fully saturated rings. The number of hydrogen-bond acceptors (Lipinski definition) is 5. The van der Waals surface area contributed by atoms with E-state index in [1.807, 2.05) is 0 Å². The van der Waals surface area contributed by atoms with Crippen LogP contribution < -0.4 is 14.8 Å². The molecule has 0 saturated carbocycles. The summed E-state index contributed by atoms with van der Waals surface area (Å²) in [6, 6.07) is 9.28. The smallest absolute Gasteiger partial charge is 0.341 e. The molecule has 25 heavy (non-hydrogen) atoms. The lowest BCUT2D eigenvalue weighted by molar-refractivity contribution is 0.102. The van der Waals surface area contributed by atoms with Gasteiger partial charge in [0.1, 0.15) is 13.2 Å². The van der Waals surface area contributed by atoms with Crippen molar-refractivity contribution in [3.05, 3.63) is 48.0 Å². The molecule has 0 spiro atoms. The molecule has 1 heterocycles. The molecule has 2 aromatic carbocycles. The number of rotatable bonds is 4. The maximum atomic E-state index is 12.5. The Morgan fingerprint density at radius 3 is 2.40 bits per heavy atom. The van der Waals surface area contributed by atoms with Gasteiger partial charge in [-0.05, 0) is 36.4 Å². The highest BCUT2D eigenvalue weighted by molar-refractivity contribution is 7.91. The lowest BCUT2D eigenvalue weighted by Gasteiger charge is -2.21. The highest BCUT2D eigenvalue weighted by Crippen LogP contribution is 2.37. The molecule has 0 aromatic heterocycles. The third-order valence-corrected chi connectivity index (χ3v) is 4.89. The average molecular weight is 369 g/mol. The molecule has 132 valence electrons. The summed E-state index contributed by atoms with van der Waals surface area (Å²) in [5.74, 6) is -3.15. The van der Waals surface area contributed by atoms with Gasteiger partial charge in [-0.2, -0.15) is 8.78 Å². The van der Waals surface area contributed by atoms with Crippen molar-refractivity contribution in [2.45, 2.75) is 10.7 Å². The van der Waals surface area contributed by atoms with Gasteiger partial charge in [-0.25, -0.2) is 8.42 Å². The second-order valence-corrected chi connectivity index (χ2v) is 7.03. The standard InChI is InChI=1S/C16H13F2NO5S/c17-16(18)25(21,22)11-6-4-10(5-7-11)15(20)19-12-2-1-3-13-14(12)24-9-8-23-13/h1-7,16H,8-9H2,(H,19,20). The topological polar surface area (TPSA) is 81.7 Å². The molecule has 0 unspecified atom stereocenters. The van der Waals surface area contributed by atoms with Crippen molar-refractivity contribution in [2.24, 2.45) is 0 Å². The Morgan fingerprint density at radius 1 is 1.04 bits per heavy atom. The number of carbonyl (C=O) groups excluding carboxylic acids is 1. The summed E-state index contributed by atoms with van der Waals surface area (Å²) >= 11 is 0. The molecule has 1 aliphatic rings. The molecule has 0 aliphatic carbocycles. The fourth-order valence-corrected chi connectivity index (χ4v) is 2.99. The highest BCUT2D eigenvalue weighted by Gasteiger charge is 2.26. The SMILES string of the molecule is O=C(Nc1cccc2c1OCCO2)c1ccc(S(=O)(=O)C(F)F)cc1. The minimum absolute atomic E-state index is 0.113. The first kappa shape index (κ1) is 17.2. The van der Waals surface area contributed by atoms with E-state index in [1.165, 1.54) is 0 Å². The van der Waals surface area contributed by atoms with Crippen molar-refractivity contribution >= 4 is 21.4 Å². The monoisotopic (exact) mass is 369 g/mol. The van der Waals surface area contributed by atoms with Gasteiger partial charge in [0.15, 0.2) is 11.5 Å². The summed E-state index contributed by atoms with van der Waals surface area (Å²) < 4.78 is 58.7. The molecule has 0 atom stereocenters. The zero-order valence-electron chi connectivity index (χ0n) is 12.7. The number of halogens is 2. The summed E-state index contributed by atoms with van der Waals surface area (Å²) in [4.78, 5) is 11.7. The molecule has 1 N–H and O–H groups in total. The van der Waals surface area contributed by atoms with E-state index in [0.29, 0.717) is 30.4 Å². The van der Waals surface area contributed by atoms with Crippen molar-refractivity contribution in [1.29, 1.82) is 0 Å². The van der Waals surface area contributed by atoms with E-state index in [2.05, 4.69) is 5.32 Å². The zero-order chi connectivity index (χ0) is 18.0. The number of fused-ring (bicyclic) bond motifs is 1. The lowest BCUT2D eigenvalue weighted by Crippen LogP contribution is -2.19. The summed E-state index contributed by atoms with van der Waals surface area (Å²) in [6.45, 7) is 0.755. The van der Waals surface area contributed by atoms with E-state index < -0.39 is 26.4 Å². The third kappa shape index (κ3) is 3.41. The van der Waals surface area contributed by atoms with Gasteiger partial charge >= 0.3 is 5.76 Å². The summed E-state index contributed by atoms with van der Waals surface area (Å²) in [7, 11) is -4.69. The van der Waals surface area contributed by atoms with Crippen LogP contribution in [0.15, 0.2) is 47.4 Å². The molecule has 0 radical (unpaired) electrons. The van der Waals surface area contributed by atoms with Gasteiger partial charge < -0.3 is 14.8 Å². The molecule has 9 heteroatoms. The fourth-order valence-electron chi connectivity index (χ4n) is 2.27. The van der Waals surface area contributed by atoms with Gasteiger partial charge in [0.2, 0.25) is 9.84 Å². The predicted octanol–water partition coefficient (Wildman–Crippen LogP) is 2.71. The first-order valence-electron chi connectivity index (χ1n) is 7.21. The number of benzene rings is 2. The van der Waals surface area contributed by atoms with Crippen molar-refractivity contribution in [3.63, 3.8) is 0 Å². The Bertz CT molecular complexity index is 897. The summed E-state index contributed by atoms with van der Waals surface area (Å²) in [6.07, 6.45) is 0. The molecule has 0 saturated heterocycles. The number of ether oxygens (including phenoxy) is 2. The van der Waals surface area contributed by atoms with E-state index >= 15 is 0 Å². The zero-order valence-corrected chi connectivity index (χ0v) is 13.6. The number of hydrogen-bond donors (Lipinski definition) is 1. The Morgan fingerprint density at radius 2 is 1.72 bits per heavy atom. The number of sulfone groups is 1. The number of para-hydroxylation sites is 1. The van der Waals surface area contributed by atoms with Crippen LogP contribution in [0.5, 0.6) is 11.5 Å². The molecule has 0 bridgehead atoms. The maximum absolute atomic E-state index is 12.5. The van der Waals surface area contributed by atoms with Crippen LogP contribution in [0.2, 0.25) is 0 Å². The molecule has 1 amide bonds. The third-order valence-electron chi connectivity index (χ3n) is 3.49. The van der Waals surface area contributed by atoms with Crippen LogP contribution in [0.25, 0.3) is 0 Å². The van der Waals surface area contributed by atoms with E-state index in [-0.39, 0.29) is 5.56 Å². The molecule has 3 rings (SSSR count). The van der Waals surface area contributed by atoms with Gasteiger partial charge in [0.25, 0.3) is 5.91 Å². The van der Waals surface area contributed by atoms with Crippen LogP contribution in [0.1, 0.15) is 10.4 Å². The number of alkyl halides is 2. The average Bonchev–Trinajstić information content (AvgIpc) is 2.62. The largest absolute Gasteiger partial charge is 0.486 e. The first-order chi connectivity index (χ1) is 11.9. The normalized spacial score (nSPS) is 13.6. The van der Waals surface area contributed by atoms with Crippen LogP contribution in [-0.2, 0) is 9.84 Å². The molecule has 6 nitrogen and oxygen atoms in total. The summed E-state index contributed by atoms with van der Waals surface area (Å²) in [5.41, 5.74) is 0.508. The van der Waals surface area contributed by atoms with Gasteiger partial charge in [-0.15, -0.1) is 0 Å². The Balaban J connectivity index is 1.81. The Kier molecular flexibility index (Phi) is 4.58. The van der Waals surface area contributed by atoms with E-state index in [1.54, 1.807) is 18.2 Å². The molecule has 2 aromatic rings. The number of amides is 1. The number of carbonyl (C=O) groups is 1. The second kappa shape index (κ2) is 6.67. The quantitative estimate of drug-likeness (QED) is 0.896. The van der Waals surface area contributed by atoms with E-state index in [9.17, 15) is 22.0 Å². The molecule has 1 aliphatic heterocycles. The van der Waals surface area contributed by atoms with Gasteiger partial charge in [0, 0.05) is 5.56 Å². The van der Waals surface area contributed by atoms with Crippen LogP contribution >= 0.6 is 0 Å². The minimum Gasteiger partial charge on any atom is -0.486 e. The Labute approximate surface area is 142 Å². The minimum atomic E-state index is -4.69. The number of nitrogens with one attached hydrogen (secondary N) is 1. The van der Waals surface area contributed by atoms with E-state index in [4.69, 9.17) is 9.47 Å². The van der Waals surface area contributed by atoms with E-state index in [0.717, 1.165) is 24.3 Å². The van der Waals surface area contributed by atoms with Crippen molar-refractivity contribution in [2.75, 3.05) is 18.5 Å². The van der Waals surface area contributed by atoms with Crippen LogP contribution in [-0.4, -0.2) is 33.3 Å². The number of anilines is 1. The Hall–Kier alpha value is -2.68. The first-order valence-corrected chi connectivity index (χ1v) is 8.76. The predicted molar refractivity (Wildman–Crippen MR) is 85.0 cm³/mol. The van der Waals surface area contributed by atoms with Crippen molar-refractivity contribution in [3.8, 4) is 11.5 Å². The van der Waals surface area contributed by atoms with Crippen LogP contribution in [0.4, 0.5) is 14.5 Å². The second-order valence-electron chi connectivity index (χ2n) is 5.11. The molecular formula is C16H13F2NO5S. The summed E-state index contributed by atoms with van der Waals surface area (Å²) in [5, 5.41) is 2.63. The van der Waals surface area contributed by atoms with Crippen LogP contribution in [0.3, 0.4) is 0 Å². The fraction of sp³-hybridized carbons (Fsp3) is 0.188. The van der Waals surface area contributed by atoms with Gasteiger partial charge in [0.05, 0.1) is 10.6 Å². The van der Waals surface area contributed by atoms with Gasteiger partial charge in [-0.3, -0.25) is 4.79 Å². The highest BCUT2D eigenvalue weighted by atomic mass is 32.2. The van der Waals surface area contributed by atoms with Crippen LogP contribution in [0, 0.1) is 0 Å². The maximum Gasteiger partial charge on any atom is 0.341 e. The lowest BCUT2D eigenvalue weighted by atomic mass is 10.2. The molecular weight excluding hydrogens is 356 g/mol. The van der Waals surface area contributed by atoms with Crippen molar-refractivity contribution < 1.29 is 31.5 Å². The van der Waals surface area contributed by atoms with Gasteiger partial charge in [-0.1, -0.05) is 6.07 Å². The van der Waals surface area contributed by atoms with Crippen molar-refractivity contribution in [1.82, 2.24) is 0 Å².